The maximum absolute atomic E-state index is 13.0. The lowest BCUT2D eigenvalue weighted by Gasteiger charge is -2.31. The molecule has 1 heterocycles. The maximum Gasteiger partial charge on any atom is 0.408 e. The smallest absolute Gasteiger partial charge is 0.408 e. The summed E-state index contributed by atoms with van der Waals surface area (Å²) in [6.07, 6.45) is 0.0210. The third-order valence-electron chi connectivity index (χ3n) is 6.62. The number of ether oxygens (including phenoxy) is 1. The highest BCUT2D eigenvalue weighted by Gasteiger charge is 2.37. The van der Waals surface area contributed by atoms with Gasteiger partial charge in [-0.05, 0) is 47.2 Å². The molecule has 2 aromatic carbocycles. The van der Waals surface area contributed by atoms with E-state index in [1.54, 1.807) is 0 Å². The monoisotopic (exact) mass is 476 g/mol. The van der Waals surface area contributed by atoms with E-state index in [2.05, 4.69) is 22.8 Å². The van der Waals surface area contributed by atoms with Crippen molar-refractivity contribution in [2.75, 3.05) is 6.61 Å². The van der Waals surface area contributed by atoms with E-state index in [1.165, 1.54) is 12.1 Å². The minimum absolute atomic E-state index is 0.000231. The van der Waals surface area contributed by atoms with E-state index >= 15 is 0 Å². The van der Waals surface area contributed by atoms with Gasteiger partial charge in [-0.2, -0.15) is 0 Å². The molecule has 3 N–H and O–H groups in total. The number of nitrogens with one attached hydrogen (secondary N) is 2. The van der Waals surface area contributed by atoms with Gasteiger partial charge in [-0.15, -0.1) is 0 Å². The summed E-state index contributed by atoms with van der Waals surface area (Å²) >= 11 is 0. The van der Waals surface area contributed by atoms with E-state index in [-0.39, 0.29) is 24.8 Å². The van der Waals surface area contributed by atoms with Gasteiger partial charge in [-0.1, -0.05) is 62.4 Å². The Bertz CT molecular complexity index is 1200. The molecule has 0 saturated carbocycles. The molecule has 182 valence electrons. The van der Waals surface area contributed by atoms with E-state index in [0.717, 1.165) is 22.3 Å². The Hall–Kier alpha value is -4.07. The number of benzene rings is 2. The first kappa shape index (κ1) is 24.1. The van der Waals surface area contributed by atoms with Crippen LogP contribution in [-0.2, 0) is 16.1 Å². The van der Waals surface area contributed by atoms with Crippen molar-refractivity contribution in [3.63, 3.8) is 0 Å². The highest BCUT2D eigenvalue weighted by Crippen LogP contribution is 2.44. The molecule has 1 aliphatic rings. The van der Waals surface area contributed by atoms with Crippen LogP contribution in [0, 0.1) is 0 Å². The van der Waals surface area contributed by atoms with Gasteiger partial charge >= 0.3 is 12.1 Å². The van der Waals surface area contributed by atoms with Crippen LogP contribution in [0.5, 0.6) is 0 Å². The van der Waals surface area contributed by atoms with Gasteiger partial charge in [0.05, 0.1) is 6.54 Å². The number of fused-ring (bicyclic) bond motifs is 3. The summed E-state index contributed by atoms with van der Waals surface area (Å²) in [5.74, 6) is -1.57. The number of amides is 2. The van der Waals surface area contributed by atoms with Crippen molar-refractivity contribution in [1.29, 1.82) is 0 Å². The lowest BCUT2D eigenvalue weighted by Crippen LogP contribution is -2.58. The quantitative estimate of drug-likeness (QED) is 0.412. The van der Waals surface area contributed by atoms with Crippen LogP contribution >= 0.6 is 0 Å². The Balaban J connectivity index is 1.40. The molecule has 0 radical (unpaired) electrons. The molecule has 0 fully saturated rings. The number of carboxylic acid groups (broad SMARTS) is 1. The average Bonchev–Trinajstić information content (AvgIpc) is 3.48. The lowest BCUT2D eigenvalue weighted by atomic mass is 9.91. The first-order valence-corrected chi connectivity index (χ1v) is 11.6. The summed E-state index contributed by atoms with van der Waals surface area (Å²) in [5, 5.41) is 14.5. The van der Waals surface area contributed by atoms with E-state index < -0.39 is 23.5 Å². The molecule has 8 nitrogen and oxygen atoms in total. The fourth-order valence-electron chi connectivity index (χ4n) is 4.56. The normalized spacial score (nSPS) is 12.5. The van der Waals surface area contributed by atoms with Crippen LogP contribution in [0.25, 0.3) is 11.1 Å². The Morgan fingerprint density at radius 3 is 2.09 bits per heavy atom. The van der Waals surface area contributed by atoms with Crippen LogP contribution in [-0.4, -0.2) is 35.2 Å². The predicted molar refractivity (Wildman–Crippen MR) is 129 cm³/mol. The molecular weight excluding hydrogens is 448 g/mol. The summed E-state index contributed by atoms with van der Waals surface area (Å²) in [4.78, 5) is 36.8. The number of hydrogen-bond donors (Lipinski definition) is 3. The molecule has 3 aromatic rings. The lowest BCUT2D eigenvalue weighted by molar-refractivity contribution is -0.128. The Kier molecular flexibility index (Phi) is 6.91. The van der Waals surface area contributed by atoms with Crippen molar-refractivity contribution in [3.05, 3.63) is 83.3 Å². The zero-order chi connectivity index (χ0) is 25.0. The van der Waals surface area contributed by atoms with Crippen LogP contribution in [0.3, 0.4) is 0 Å². The molecule has 0 spiro atoms. The number of carbonyl (C=O) groups is 3. The third-order valence-corrected chi connectivity index (χ3v) is 6.62. The average molecular weight is 477 g/mol. The van der Waals surface area contributed by atoms with Crippen LogP contribution in [0.15, 0.2) is 65.1 Å². The Morgan fingerprint density at radius 1 is 0.943 bits per heavy atom. The van der Waals surface area contributed by atoms with Gasteiger partial charge < -0.3 is 24.9 Å². The molecule has 0 aliphatic heterocycles. The molecule has 1 aromatic heterocycles. The van der Waals surface area contributed by atoms with Crippen molar-refractivity contribution < 1.29 is 28.6 Å². The first-order chi connectivity index (χ1) is 16.9. The Morgan fingerprint density at radius 2 is 1.54 bits per heavy atom. The molecule has 0 saturated heterocycles. The van der Waals surface area contributed by atoms with Gasteiger partial charge in [0, 0.05) is 5.92 Å². The fraction of sp³-hybridized carbons (Fsp3) is 0.296. The van der Waals surface area contributed by atoms with Gasteiger partial charge in [0.2, 0.25) is 11.7 Å². The van der Waals surface area contributed by atoms with Crippen molar-refractivity contribution in [2.45, 2.75) is 44.7 Å². The zero-order valence-corrected chi connectivity index (χ0v) is 19.7. The zero-order valence-electron chi connectivity index (χ0n) is 19.7. The number of carbonyl (C=O) groups excluding carboxylic acids is 2. The topological polar surface area (TPSA) is 118 Å². The molecule has 0 bridgehead atoms. The van der Waals surface area contributed by atoms with Gasteiger partial charge in [-0.25, -0.2) is 9.59 Å². The van der Waals surface area contributed by atoms with Crippen LogP contribution in [0.4, 0.5) is 4.79 Å². The number of rotatable bonds is 9. The van der Waals surface area contributed by atoms with E-state index in [1.807, 2.05) is 50.2 Å². The second-order valence-corrected chi connectivity index (χ2v) is 8.49. The molecular formula is C27H28N2O6. The second kappa shape index (κ2) is 10.0. The number of furan rings is 1. The minimum Gasteiger partial charge on any atom is -0.475 e. The number of alkyl carbamates (subject to hydrolysis) is 1. The summed E-state index contributed by atoms with van der Waals surface area (Å²) in [6.45, 7) is 3.76. The maximum atomic E-state index is 13.0. The van der Waals surface area contributed by atoms with E-state index in [9.17, 15) is 14.4 Å². The molecule has 0 unspecified atom stereocenters. The van der Waals surface area contributed by atoms with Crippen LogP contribution in [0.1, 0.15) is 60.0 Å². The number of hydrogen-bond acceptors (Lipinski definition) is 5. The highest BCUT2D eigenvalue weighted by molar-refractivity contribution is 5.90. The van der Waals surface area contributed by atoms with Crippen molar-refractivity contribution in [2.24, 2.45) is 0 Å². The summed E-state index contributed by atoms with van der Waals surface area (Å²) < 4.78 is 10.8. The molecule has 8 heteroatoms. The SMILES string of the molecule is CCC(CC)(NC(=O)OCC1c2ccccc2-c2ccccc21)C(=O)NCc1ccc(C(=O)O)o1. The minimum atomic E-state index is -1.18. The number of aromatic carboxylic acids is 1. The molecule has 2 amide bonds. The summed E-state index contributed by atoms with van der Waals surface area (Å²) in [5.41, 5.74) is 3.31. The van der Waals surface area contributed by atoms with E-state index in [4.69, 9.17) is 14.3 Å². The Labute approximate surface area is 203 Å². The summed E-state index contributed by atoms with van der Waals surface area (Å²) in [7, 11) is 0. The van der Waals surface area contributed by atoms with Crippen molar-refractivity contribution in [1.82, 2.24) is 10.6 Å². The largest absolute Gasteiger partial charge is 0.475 e. The summed E-state index contributed by atoms with van der Waals surface area (Å²) in [6, 6.07) is 19.0. The highest BCUT2D eigenvalue weighted by atomic mass is 16.5. The van der Waals surface area contributed by atoms with Gasteiger partial charge in [0.15, 0.2) is 0 Å². The van der Waals surface area contributed by atoms with Crippen LogP contribution in [0.2, 0.25) is 0 Å². The van der Waals surface area contributed by atoms with Gasteiger partial charge in [0.25, 0.3) is 0 Å². The molecule has 1 aliphatic carbocycles. The first-order valence-electron chi connectivity index (χ1n) is 11.6. The molecule has 4 rings (SSSR count). The third kappa shape index (κ3) is 4.77. The predicted octanol–water partition coefficient (Wildman–Crippen LogP) is 4.69. The molecule has 0 atom stereocenters. The fourth-order valence-corrected chi connectivity index (χ4v) is 4.56. The number of carboxylic acids is 1. The van der Waals surface area contributed by atoms with Gasteiger partial charge in [0.1, 0.15) is 17.9 Å². The van der Waals surface area contributed by atoms with Gasteiger partial charge in [-0.3, -0.25) is 4.79 Å². The van der Waals surface area contributed by atoms with E-state index in [0.29, 0.717) is 18.6 Å². The van der Waals surface area contributed by atoms with Crippen molar-refractivity contribution >= 4 is 18.0 Å². The standard InChI is InChI=1S/C27H28N2O6/c1-3-27(4-2,25(32)28-15-17-13-14-23(35-17)24(30)31)29-26(33)34-16-22-20-11-7-5-9-18(20)19-10-6-8-12-21(19)22/h5-14,22H,3-4,15-16H2,1-2H3,(H,28,32)(H,29,33)(H,30,31). The molecule has 35 heavy (non-hydrogen) atoms. The van der Waals surface area contributed by atoms with Crippen LogP contribution < -0.4 is 10.6 Å². The second-order valence-electron chi connectivity index (χ2n) is 8.49. The van der Waals surface area contributed by atoms with Crippen molar-refractivity contribution in [3.8, 4) is 11.1 Å².